The standard InChI is InChI=1S/C17H17ClN6O3/c1-26-14-3-2-12(18)10-13(14)20-9-6-15(25)22-23-17-21-16(24-27-17)11-4-7-19-8-5-11/h2-5,7-8,10,20H,6,9H2,1H3,(H,22,25)(H,21,23,24). The largest absolute Gasteiger partial charge is 0.495 e. The number of hydrogen-bond donors (Lipinski definition) is 3. The topological polar surface area (TPSA) is 114 Å². The number of methoxy groups -OCH3 is 1. The molecule has 3 rings (SSSR count). The number of nitrogens with one attached hydrogen (secondary N) is 3. The van der Waals surface area contributed by atoms with E-state index in [0.717, 1.165) is 5.56 Å². The van der Waals surface area contributed by atoms with E-state index in [4.69, 9.17) is 20.9 Å². The number of hydrazine groups is 1. The van der Waals surface area contributed by atoms with E-state index < -0.39 is 0 Å². The summed E-state index contributed by atoms with van der Waals surface area (Å²) in [6.45, 7) is 0.385. The fourth-order valence-corrected chi connectivity index (χ4v) is 2.38. The first kappa shape index (κ1) is 18.5. The summed E-state index contributed by atoms with van der Waals surface area (Å²) in [4.78, 5) is 20.0. The number of carbonyl (C=O) groups is 1. The van der Waals surface area contributed by atoms with Crippen molar-refractivity contribution < 1.29 is 14.1 Å². The summed E-state index contributed by atoms with van der Waals surface area (Å²) in [5.41, 5.74) is 6.55. The summed E-state index contributed by atoms with van der Waals surface area (Å²) in [7, 11) is 1.57. The van der Waals surface area contributed by atoms with Gasteiger partial charge in [-0.25, -0.2) is 5.43 Å². The Balaban J connectivity index is 1.45. The minimum atomic E-state index is -0.257. The number of halogens is 1. The van der Waals surface area contributed by atoms with Gasteiger partial charge in [0.05, 0.1) is 12.8 Å². The smallest absolute Gasteiger partial charge is 0.340 e. The second-order valence-electron chi connectivity index (χ2n) is 5.35. The highest BCUT2D eigenvalue weighted by Gasteiger charge is 2.09. The number of nitrogens with zero attached hydrogens (tertiary/aromatic N) is 3. The molecule has 2 aromatic heterocycles. The zero-order chi connectivity index (χ0) is 19.1. The lowest BCUT2D eigenvalue weighted by molar-refractivity contribution is -0.120. The van der Waals surface area contributed by atoms with Crippen LogP contribution in [0.3, 0.4) is 0 Å². The Labute approximate surface area is 160 Å². The van der Waals surface area contributed by atoms with Gasteiger partial charge in [0, 0.05) is 35.9 Å². The van der Waals surface area contributed by atoms with Crippen molar-refractivity contribution in [2.75, 3.05) is 24.4 Å². The maximum atomic E-state index is 11.9. The van der Waals surface area contributed by atoms with E-state index in [9.17, 15) is 4.79 Å². The van der Waals surface area contributed by atoms with E-state index in [2.05, 4.69) is 31.3 Å². The van der Waals surface area contributed by atoms with Crippen LogP contribution in [0.2, 0.25) is 5.02 Å². The SMILES string of the molecule is COc1ccc(Cl)cc1NCCC(=O)NNc1nc(-c2ccncc2)no1. The predicted molar refractivity (Wildman–Crippen MR) is 100 cm³/mol. The third kappa shape index (κ3) is 5.08. The molecule has 0 unspecified atom stereocenters. The van der Waals surface area contributed by atoms with Crippen LogP contribution in [0.4, 0.5) is 11.7 Å². The molecule has 0 fully saturated rings. The van der Waals surface area contributed by atoms with Gasteiger partial charge in [-0.1, -0.05) is 16.8 Å². The number of aromatic nitrogens is 3. The van der Waals surface area contributed by atoms with E-state index in [-0.39, 0.29) is 18.3 Å². The molecule has 0 saturated carbocycles. The zero-order valence-electron chi connectivity index (χ0n) is 14.4. The van der Waals surface area contributed by atoms with Crippen LogP contribution < -0.4 is 20.9 Å². The number of benzene rings is 1. The number of pyridine rings is 1. The Morgan fingerprint density at radius 3 is 2.85 bits per heavy atom. The van der Waals surface area contributed by atoms with Crippen LogP contribution in [0.1, 0.15) is 6.42 Å². The lowest BCUT2D eigenvalue weighted by Gasteiger charge is -2.11. The maximum absolute atomic E-state index is 11.9. The molecule has 0 saturated heterocycles. The summed E-state index contributed by atoms with van der Waals surface area (Å²) in [6.07, 6.45) is 3.46. The summed E-state index contributed by atoms with van der Waals surface area (Å²) < 4.78 is 10.3. The first-order chi connectivity index (χ1) is 13.2. The first-order valence-corrected chi connectivity index (χ1v) is 8.40. The Morgan fingerprint density at radius 2 is 2.07 bits per heavy atom. The Kier molecular flexibility index (Phi) is 6.06. The van der Waals surface area contributed by atoms with Gasteiger partial charge in [-0.2, -0.15) is 4.98 Å². The molecule has 0 bridgehead atoms. The van der Waals surface area contributed by atoms with Gasteiger partial charge in [0.25, 0.3) is 0 Å². The van der Waals surface area contributed by atoms with Crippen LogP contribution in [-0.2, 0) is 4.79 Å². The molecule has 140 valence electrons. The molecule has 2 heterocycles. The average Bonchev–Trinajstić information content (AvgIpc) is 3.16. The van der Waals surface area contributed by atoms with Crippen LogP contribution in [0.25, 0.3) is 11.4 Å². The lowest BCUT2D eigenvalue weighted by atomic mass is 10.3. The van der Waals surface area contributed by atoms with Crippen LogP contribution in [0, 0.1) is 0 Å². The highest BCUT2D eigenvalue weighted by atomic mass is 35.5. The van der Waals surface area contributed by atoms with Gasteiger partial charge in [-0.15, -0.1) is 0 Å². The molecule has 3 N–H and O–H groups in total. The van der Waals surface area contributed by atoms with Gasteiger partial charge in [-0.3, -0.25) is 15.2 Å². The molecule has 0 atom stereocenters. The predicted octanol–water partition coefficient (Wildman–Crippen LogP) is 2.74. The van der Waals surface area contributed by atoms with Crippen LogP contribution in [0.5, 0.6) is 5.75 Å². The molecule has 9 nitrogen and oxygen atoms in total. The van der Waals surface area contributed by atoms with Gasteiger partial charge < -0.3 is 14.6 Å². The molecule has 0 aliphatic heterocycles. The van der Waals surface area contributed by atoms with Crippen molar-refractivity contribution in [1.82, 2.24) is 20.6 Å². The number of hydrogen-bond acceptors (Lipinski definition) is 8. The molecule has 0 aliphatic rings. The molecule has 0 radical (unpaired) electrons. The third-order valence-corrected chi connectivity index (χ3v) is 3.74. The van der Waals surface area contributed by atoms with Gasteiger partial charge in [0.15, 0.2) is 0 Å². The molecule has 1 amide bonds. The van der Waals surface area contributed by atoms with Crippen molar-refractivity contribution in [3.63, 3.8) is 0 Å². The maximum Gasteiger partial charge on any atom is 0.340 e. The summed E-state index contributed by atoms with van der Waals surface area (Å²) >= 11 is 5.97. The summed E-state index contributed by atoms with van der Waals surface area (Å²) in [5, 5.41) is 7.51. The Bertz CT molecular complexity index is 903. The normalized spacial score (nSPS) is 10.3. The van der Waals surface area contributed by atoms with Gasteiger partial charge in [0.1, 0.15) is 5.75 Å². The molecule has 3 aromatic rings. The summed E-state index contributed by atoms with van der Waals surface area (Å²) in [6, 6.07) is 8.80. The average molecular weight is 389 g/mol. The van der Waals surface area contributed by atoms with Crippen LogP contribution in [0.15, 0.2) is 47.2 Å². The quantitative estimate of drug-likeness (QED) is 0.505. The fourth-order valence-electron chi connectivity index (χ4n) is 2.21. The molecular formula is C17H17ClN6O3. The van der Waals surface area contributed by atoms with E-state index in [1.54, 1.807) is 49.8 Å². The minimum Gasteiger partial charge on any atom is -0.495 e. The van der Waals surface area contributed by atoms with E-state index >= 15 is 0 Å². The monoisotopic (exact) mass is 388 g/mol. The van der Waals surface area contributed by atoms with Gasteiger partial charge in [0.2, 0.25) is 11.7 Å². The molecular weight excluding hydrogens is 372 g/mol. The molecule has 10 heteroatoms. The third-order valence-electron chi connectivity index (χ3n) is 3.50. The van der Waals surface area contributed by atoms with Gasteiger partial charge in [-0.05, 0) is 30.3 Å². The summed E-state index contributed by atoms with van der Waals surface area (Å²) in [5.74, 6) is 0.781. The Hall–Kier alpha value is -3.33. The molecule has 0 spiro atoms. The van der Waals surface area contributed by atoms with Crippen molar-refractivity contribution in [2.24, 2.45) is 0 Å². The molecule has 27 heavy (non-hydrogen) atoms. The van der Waals surface area contributed by atoms with Crippen molar-refractivity contribution in [3.05, 3.63) is 47.7 Å². The van der Waals surface area contributed by atoms with Crippen LogP contribution in [-0.4, -0.2) is 34.7 Å². The number of amides is 1. The van der Waals surface area contributed by atoms with E-state index in [1.807, 2.05) is 0 Å². The fraction of sp³-hybridized carbons (Fsp3) is 0.176. The second-order valence-corrected chi connectivity index (χ2v) is 5.79. The zero-order valence-corrected chi connectivity index (χ0v) is 15.2. The highest BCUT2D eigenvalue weighted by molar-refractivity contribution is 6.30. The number of rotatable bonds is 8. The van der Waals surface area contributed by atoms with Crippen LogP contribution >= 0.6 is 11.6 Å². The van der Waals surface area contributed by atoms with Crippen molar-refractivity contribution in [2.45, 2.75) is 6.42 Å². The van der Waals surface area contributed by atoms with Gasteiger partial charge >= 0.3 is 6.01 Å². The lowest BCUT2D eigenvalue weighted by Crippen LogP contribution is -2.30. The van der Waals surface area contributed by atoms with Crippen molar-refractivity contribution >= 4 is 29.2 Å². The second kappa shape index (κ2) is 8.86. The number of carbonyl (C=O) groups excluding carboxylic acids is 1. The first-order valence-electron chi connectivity index (χ1n) is 8.02. The van der Waals surface area contributed by atoms with E-state index in [0.29, 0.717) is 28.8 Å². The van der Waals surface area contributed by atoms with E-state index in [1.165, 1.54) is 0 Å². The van der Waals surface area contributed by atoms with Crippen molar-refractivity contribution in [1.29, 1.82) is 0 Å². The van der Waals surface area contributed by atoms with Crippen molar-refractivity contribution in [3.8, 4) is 17.1 Å². The minimum absolute atomic E-state index is 0.0830. The Morgan fingerprint density at radius 1 is 1.26 bits per heavy atom. The number of anilines is 2. The molecule has 1 aromatic carbocycles. The molecule has 0 aliphatic carbocycles. The highest BCUT2D eigenvalue weighted by Crippen LogP contribution is 2.27. The number of ether oxygens (including phenoxy) is 1.